The minimum Gasteiger partial charge on any atom is -0.496 e. The number of piperidine rings is 1. The number of methoxy groups -OCH3 is 3. The summed E-state index contributed by atoms with van der Waals surface area (Å²) in [6, 6.07) is 21.7. The summed E-state index contributed by atoms with van der Waals surface area (Å²) in [5, 5.41) is 0. The highest BCUT2D eigenvalue weighted by Crippen LogP contribution is 2.33. The summed E-state index contributed by atoms with van der Waals surface area (Å²) < 4.78 is 16.6. The lowest BCUT2D eigenvalue weighted by atomic mass is 9.99. The molecule has 1 aliphatic heterocycles. The van der Waals surface area contributed by atoms with E-state index in [2.05, 4.69) is 30.0 Å². The monoisotopic (exact) mass is 474 g/mol. The van der Waals surface area contributed by atoms with Crippen LogP contribution in [0.1, 0.15) is 34.3 Å². The Bertz CT molecular complexity index is 1140. The zero-order chi connectivity index (χ0) is 24.8. The summed E-state index contributed by atoms with van der Waals surface area (Å²) in [5.74, 6) is 2.09. The highest BCUT2D eigenvalue weighted by molar-refractivity contribution is 6.08. The largest absolute Gasteiger partial charge is 0.496 e. The lowest BCUT2D eigenvalue weighted by Crippen LogP contribution is -2.47. The molecule has 0 unspecified atom stereocenters. The van der Waals surface area contributed by atoms with Gasteiger partial charge < -0.3 is 19.1 Å². The van der Waals surface area contributed by atoms with Crippen LogP contribution in [0.2, 0.25) is 0 Å². The van der Waals surface area contributed by atoms with E-state index in [1.165, 1.54) is 5.56 Å². The van der Waals surface area contributed by atoms with Gasteiger partial charge >= 0.3 is 0 Å². The Hall–Kier alpha value is -3.51. The van der Waals surface area contributed by atoms with Crippen molar-refractivity contribution in [3.05, 3.63) is 83.4 Å². The zero-order valence-electron chi connectivity index (χ0n) is 21.0. The number of ether oxygens (including phenoxy) is 3. The van der Waals surface area contributed by atoms with Crippen LogP contribution in [0.4, 0.5) is 5.69 Å². The lowest BCUT2D eigenvalue weighted by molar-refractivity contribution is 0.0955. The maximum Gasteiger partial charge on any atom is 0.262 e. The second-order valence-electron chi connectivity index (χ2n) is 8.87. The van der Waals surface area contributed by atoms with E-state index in [0.29, 0.717) is 11.3 Å². The number of amides is 1. The van der Waals surface area contributed by atoms with Gasteiger partial charge in [0.25, 0.3) is 5.91 Å². The Labute approximate surface area is 208 Å². The number of likely N-dealkylation sites (tertiary alicyclic amines) is 1. The maximum absolute atomic E-state index is 13.8. The Morgan fingerprint density at radius 1 is 0.857 bits per heavy atom. The van der Waals surface area contributed by atoms with Crippen LogP contribution in [0.15, 0.2) is 66.7 Å². The first-order valence-corrected chi connectivity index (χ1v) is 12.0. The number of benzene rings is 3. The minimum absolute atomic E-state index is 0.0285. The third-order valence-corrected chi connectivity index (χ3v) is 6.67. The number of hydrogen-bond donors (Lipinski definition) is 0. The van der Waals surface area contributed by atoms with Crippen molar-refractivity contribution in [2.75, 3.05) is 39.3 Å². The van der Waals surface area contributed by atoms with Gasteiger partial charge in [0.05, 0.1) is 26.9 Å². The number of hydrogen-bond acceptors (Lipinski definition) is 5. The van der Waals surface area contributed by atoms with Gasteiger partial charge in [0.15, 0.2) is 11.5 Å². The molecular formula is C29H34N2O4. The van der Waals surface area contributed by atoms with Crippen LogP contribution >= 0.6 is 0 Å². The lowest BCUT2D eigenvalue weighted by Gasteiger charge is -2.39. The standard InChI is InChI=1S/C29H34N2O4/c1-21-12-14-23(15-13-21)31(29(32)25-9-5-6-10-26(25)33-2)24-16-18-30(19-17-24)20-22-8-7-11-27(34-3)28(22)35-4/h5-15,24H,16-20H2,1-4H3. The number of anilines is 1. The average Bonchev–Trinajstić information content (AvgIpc) is 2.90. The maximum atomic E-state index is 13.8. The number of carbonyl (C=O) groups is 1. The van der Waals surface area contributed by atoms with Crippen molar-refractivity contribution in [3.63, 3.8) is 0 Å². The number of rotatable bonds is 8. The molecule has 4 rings (SSSR count). The number of carbonyl (C=O) groups excluding carboxylic acids is 1. The van der Waals surface area contributed by atoms with Gasteiger partial charge in [0.1, 0.15) is 5.75 Å². The SMILES string of the molecule is COc1ccccc1C(=O)N(c1ccc(C)cc1)C1CCN(Cc2cccc(OC)c2OC)CC1. The molecule has 3 aromatic rings. The summed E-state index contributed by atoms with van der Waals surface area (Å²) in [5.41, 5.74) is 3.77. The molecule has 6 nitrogen and oxygen atoms in total. The van der Waals surface area contributed by atoms with E-state index in [1.54, 1.807) is 21.3 Å². The van der Waals surface area contributed by atoms with Crippen LogP contribution in [0.25, 0.3) is 0 Å². The second kappa shape index (κ2) is 11.3. The topological polar surface area (TPSA) is 51.2 Å². The van der Waals surface area contributed by atoms with Crippen LogP contribution in [-0.4, -0.2) is 51.3 Å². The predicted molar refractivity (Wildman–Crippen MR) is 139 cm³/mol. The van der Waals surface area contributed by atoms with E-state index in [4.69, 9.17) is 14.2 Å². The first-order valence-electron chi connectivity index (χ1n) is 12.0. The molecular weight excluding hydrogens is 440 g/mol. The van der Waals surface area contributed by atoms with E-state index in [1.807, 2.05) is 53.4 Å². The van der Waals surface area contributed by atoms with Crippen LogP contribution < -0.4 is 19.1 Å². The Balaban J connectivity index is 1.54. The van der Waals surface area contributed by atoms with Crippen molar-refractivity contribution in [2.45, 2.75) is 32.4 Å². The van der Waals surface area contributed by atoms with E-state index in [0.717, 1.165) is 55.2 Å². The van der Waals surface area contributed by atoms with Crippen molar-refractivity contribution in [2.24, 2.45) is 0 Å². The van der Waals surface area contributed by atoms with E-state index in [9.17, 15) is 4.79 Å². The highest BCUT2D eigenvalue weighted by Gasteiger charge is 2.31. The van der Waals surface area contributed by atoms with Crippen LogP contribution in [-0.2, 0) is 6.54 Å². The van der Waals surface area contributed by atoms with Gasteiger partial charge in [0.2, 0.25) is 0 Å². The van der Waals surface area contributed by atoms with Gasteiger partial charge in [-0.05, 0) is 50.1 Å². The molecule has 1 saturated heterocycles. The smallest absolute Gasteiger partial charge is 0.262 e. The molecule has 3 aromatic carbocycles. The molecule has 6 heteroatoms. The Kier molecular flexibility index (Phi) is 7.93. The van der Waals surface area contributed by atoms with E-state index in [-0.39, 0.29) is 11.9 Å². The molecule has 0 aliphatic carbocycles. The molecule has 0 radical (unpaired) electrons. The Morgan fingerprint density at radius 3 is 2.17 bits per heavy atom. The normalized spacial score (nSPS) is 14.4. The fraction of sp³-hybridized carbons (Fsp3) is 0.345. The second-order valence-corrected chi connectivity index (χ2v) is 8.87. The van der Waals surface area contributed by atoms with Crippen molar-refractivity contribution in [1.29, 1.82) is 0 Å². The summed E-state index contributed by atoms with van der Waals surface area (Å²) in [6.07, 6.45) is 1.75. The van der Waals surface area contributed by atoms with Crippen LogP contribution in [0.3, 0.4) is 0 Å². The van der Waals surface area contributed by atoms with Gasteiger partial charge in [-0.15, -0.1) is 0 Å². The fourth-order valence-corrected chi connectivity index (χ4v) is 4.81. The molecule has 1 amide bonds. The number of nitrogens with zero attached hydrogens (tertiary/aromatic N) is 2. The fourth-order valence-electron chi connectivity index (χ4n) is 4.81. The molecule has 1 fully saturated rings. The van der Waals surface area contributed by atoms with E-state index >= 15 is 0 Å². The van der Waals surface area contributed by atoms with Gasteiger partial charge in [-0.1, -0.05) is 42.0 Å². The molecule has 0 aromatic heterocycles. The number of aryl methyl sites for hydroxylation is 1. The van der Waals surface area contributed by atoms with Crippen molar-refractivity contribution < 1.29 is 19.0 Å². The van der Waals surface area contributed by atoms with Crippen LogP contribution in [0.5, 0.6) is 17.2 Å². The van der Waals surface area contributed by atoms with Crippen molar-refractivity contribution >= 4 is 11.6 Å². The molecule has 35 heavy (non-hydrogen) atoms. The molecule has 0 atom stereocenters. The Morgan fingerprint density at radius 2 is 1.51 bits per heavy atom. The van der Waals surface area contributed by atoms with Gasteiger partial charge in [-0.2, -0.15) is 0 Å². The molecule has 0 saturated carbocycles. The first-order chi connectivity index (χ1) is 17.0. The van der Waals surface area contributed by atoms with Gasteiger partial charge in [0, 0.05) is 36.9 Å². The highest BCUT2D eigenvalue weighted by atomic mass is 16.5. The zero-order valence-corrected chi connectivity index (χ0v) is 21.0. The summed E-state index contributed by atoms with van der Waals surface area (Å²) in [7, 11) is 4.94. The van der Waals surface area contributed by atoms with E-state index < -0.39 is 0 Å². The summed E-state index contributed by atoms with van der Waals surface area (Å²) in [4.78, 5) is 18.2. The third kappa shape index (κ3) is 5.43. The minimum atomic E-state index is -0.0285. The predicted octanol–water partition coefficient (Wildman–Crippen LogP) is 5.33. The first kappa shape index (κ1) is 24.6. The summed E-state index contributed by atoms with van der Waals surface area (Å²) in [6.45, 7) is 4.60. The molecule has 1 heterocycles. The molecule has 1 aliphatic rings. The molecule has 184 valence electrons. The van der Waals surface area contributed by atoms with Gasteiger partial charge in [-0.25, -0.2) is 0 Å². The summed E-state index contributed by atoms with van der Waals surface area (Å²) >= 11 is 0. The molecule has 0 bridgehead atoms. The van der Waals surface area contributed by atoms with Crippen molar-refractivity contribution in [1.82, 2.24) is 4.90 Å². The average molecular weight is 475 g/mol. The quantitative estimate of drug-likeness (QED) is 0.442. The van der Waals surface area contributed by atoms with Gasteiger partial charge in [-0.3, -0.25) is 9.69 Å². The third-order valence-electron chi connectivity index (χ3n) is 6.67. The number of para-hydroxylation sites is 2. The van der Waals surface area contributed by atoms with Crippen molar-refractivity contribution in [3.8, 4) is 17.2 Å². The molecule has 0 spiro atoms. The van der Waals surface area contributed by atoms with Crippen LogP contribution in [0, 0.1) is 6.92 Å². The molecule has 0 N–H and O–H groups in total.